The van der Waals surface area contributed by atoms with Crippen molar-refractivity contribution >= 4 is 43.8 Å². The summed E-state index contributed by atoms with van der Waals surface area (Å²) >= 11 is 6.16. The highest BCUT2D eigenvalue weighted by atomic mass is 79.9. The van der Waals surface area contributed by atoms with Gasteiger partial charge in [0.05, 0.1) is 0 Å². The molecular weight excluding hydrogens is 308 g/mol. The van der Waals surface area contributed by atoms with Crippen molar-refractivity contribution < 1.29 is 19.4 Å². The van der Waals surface area contributed by atoms with E-state index in [0.717, 1.165) is 6.08 Å². The first-order chi connectivity index (χ1) is 5.87. The highest BCUT2D eigenvalue weighted by Gasteiger charge is 2.23. The molecule has 0 radical (unpaired) electrons. The Bertz CT molecular complexity index is 235. The summed E-state index contributed by atoms with van der Waals surface area (Å²) in [5.74, 6) is -1.92. The van der Waals surface area contributed by atoms with Gasteiger partial charge in [-0.2, -0.15) is 0 Å². The summed E-state index contributed by atoms with van der Waals surface area (Å²) in [6, 6.07) is 0. The van der Waals surface area contributed by atoms with Crippen molar-refractivity contribution in [3.63, 3.8) is 0 Å². The predicted molar refractivity (Wildman–Crippen MR) is 53.7 cm³/mol. The van der Waals surface area contributed by atoms with E-state index in [2.05, 4.69) is 31.9 Å². The zero-order chi connectivity index (χ0) is 10.5. The van der Waals surface area contributed by atoms with Crippen LogP contribution in [0, 0.1) is 0 Å². The van der Waals surface area contributed by atoms with Crippen LogP contribution in [0.5, 0.6) is 0 Å². The van der Waals surface area contributed by atoms with Crippen molar-refractivity contribution in [2.24, 2.45) is 0 Å². The van der Waals surface area contributed by atoms with Crippen molar-refractivity contribution in [1.29, 1.82) is 0 Å². The molecule has 0 aromatic carbocycles. The summed E-state index contributed by atoms with van der Waals surface area (Å²) in [6.45, 7) is 1.79. The number of rotatable bonds is 4. The molecule has 0 bridgehead atoms. The third-order valence-corrected chi connectivity index (χ3v) is 2.47. The van der Waals surface area contributed by atoms with Crippen LogP contribution in [-0.2, 0) is 14.3 Å². The molecule has 0 aromatic heterocycles. The molecule has 0 rings (SSSR count). The smallest absolute Gasteiger partial charge is 0.333 e. The molecule has 0 atom stereocenters. The Morgan fingerprint density at radius 3 is 2.38 bits per heavy atom. The summed E-state index contributed by atoms with van der Waals surface area (Å²) in [5, 5.41) is 8.20. The Balaban J connectivity index is 4.09. The van der Waals surface area contributed by atoms with Crippen LogP contribution in [0.15, 0.2) is 12.2 Å². The van der Waals surface area contributed by atoms with E-state index in [9.17, 15) is 9.59 Å². The minimum Gasteiger partial charge on any atom is -0.478 e. The molecule has 0 heterocycles. The van der Waals surface area contributed by atoms with Crippen LogP contribution in [-0.4, -0.2) is 20.5 Å². The number of carboxylic acids is 1. The largest absolute Gasteiger partial charge is 0.478 e. The van der Waals surface area contributed by atoms with Gasteiger partial charge in [-0.15, -0.1) is 0 Å². The number of halogens is 2. The van der Waals surface area contributed by atoms with Crippen molar-refractivity contribution in [2.75, 3.05) is 0 Å². The van der Waals surface area contributed by atoms with Crippen LogP contribution in [0.4, 0.5) is 0 Å². The average Bonchev–Trinajstić information content (AvgIpc) is 2.00. The molecule has 4 nitrogen and oxygen atoms in total. The van der Waals surface area contributed by atoms with Gasteiger partial charge in [0.1, 0.15) is 0 Å². The fraction of sp³-hybridized carbons (Fsp3) is 0.429. The first kappa shape index (κ1) is 12.6. The molecule has 1 N–H and O–H groups in total. The number of ether oxygens (including phenoxy) is 1. The lowest BCUT2D eigenvalue weighted by Gasteiger charge is -2.17. The highest BCUT2D eigenvalue weighted by molar-refractivity contribution is 9.25. The summed E-state index contributed by atoms with van der Waals surface area (Å²) < 4.78 is 3.86. The molecule has 6 heteroatoms. The van der Waals surface area contributed by atoms with Crippen LogP contribution in [0.25, 0.3) is 0 Å². The molecule has 13 heavy (non-hydrogen) atoms. The Labute approximate surface area is 92.2 Å². The van der Waals surface area contributed by atoms with Gasteiger partial charge in [-0.1, -0.05) is 6.92 Å². The Morgan fingerprint density at radius 1 is 1.46 bits per heavy atom. The second-order valence-corrected chi connectivity index (χ2v) is 5.71. The maximum atomic E-state index is 10.9. The lowest BCUT2D eigenvalue weighted by Crippen LogP contribution is -2.18. The topological polar surface area (TPSA) is 63.6 Å². The van der Waals surface area contributed by atoms with Gasteiger partial charge in [0.15, 0.2) is 0 Å². The molecule has 0 fully saturated rings. The maximum absolute atomic E-state index is 10.9. The molecule has 0 unspecified atom stereocenters. The van der Waals surface area contributed by atoms with E-state index >= 15 is 0 Å². The third kappa shape index (κ3) is 6.77. The molecule has 0 saturated carbocycles. The van der Waals surface area contributed by atoms with Gasteiger partial charge in [0.25, 0.3) is 0 Å². The first-order valence-electron chi connectivity index (χ1n) is 3.39. The maximum Gasteiger partial charge on any atom is 0.333 e. The number of alkyl halides is 2. The quantitative estimate of drug-likeness (QED) is 0.490. The van der Waals surface area contributed by atoms with Crippen LogP contribution >= 0.6 is 31.9 Å². The third-order valence-electron chi connectivity index (χ3n) is 1.02. The fourth-order valence-corrected chi connectivity index (χ4v) is 0.712. The minimum atomic E-state index is -1.19. The van der Waals surface area contributed by atoms with Crippen molar-refractivity contribution in [3.05, 3.63) is 12.2 Å². The highest BCUT2D eigenvalue weighted by Crippen LogP contribution is 2.31. The van der Waals surface area contributed by atoms with E-state index in [-0.39, 0.29) is 0 Å². The van der Waals surface area contributed by atoms with Gasteiger partial charge in [-0.25, -0.2) is 9.59 Å². The molecule has 74 valence electrons. The van der Waals surface area contributed by atoms with Crippen LogP contribution in [0.2, 0.25) is 0 Å². The average molecular weight is 316 g/mol. The van der Waals surface area contributed by atoms with Gasteiger partial charge >= 0.3 is 11.9 Å². The zero-order valence-electron chi connectivity index (χ0n) is 6.79. The molecule has 0 spiro atoms. The van der Waals surface area contributed by atoms with Crippen molar-refractivity contribution in [3.8, 4) is 0 Å². The van der Waals surface area contributed by atoms with Crippen LogP contribution < -0.4 is 0 Å². The van der Waals surface area contributed by atoms with Crippen LogP contribution in [0.3, 0.4) is 0 Å². The number of carbonyl (C=O) groups excluding carboxylic acids is 1. The number of hydrogen-bond donors (Lipinski definition) is 1. The van der Waals surface area contributed by atoms with Gasteiger partial charge in [0, 0.05) is 18.6 Å². The van der Waals surface area contributed by atoms with E-state index in [1.807, 2.05) is 0 Å². The Morgan fingerprint density at radius 2 is 2.00 bits per heavy atom. The number of carboxylic acid groups (broad SMARTS) is 1. The lowest BCUT2D eigenvalue weighted by atomic mass is 10.5. The van der Waals surface area contributed by atoms with Crippen molar-refractivity contribution in [1.82, 2.24) is 0 Å². The van der Waals surface area contributed by atoms with Gasteiger partial charge in [-0.3, -0.25) is 0 Å². The van der Waals surface area contributed by atoms with Gasteiger partial charge in [-0.05, 0) is 31.9 Å². The summed E-state index contributed by atoms with van der Waals surface area (Å²) in [6.07, 6.45) is 2.07. The summed E-state index contributed by atoms with van der Waals surface area (Å²) in [7, 11) is 0. The number of hydrogen-bond acceptors (Lipinski definition) is 3. The monoisotopic (exact) mass is 314 g/mol. The van der Waals surface area contributed by atoms with E-state index in [1.165, 1.54) is 0 Å². The molecule has 0 aliphatic carbocycles. The van der Waals surface area contributed by atoms with E-state index in [1.54, 1.807) is 6.92 Å². The van der Waals surface area contributed by atoms with Crippen LogP contribution in [0.1, 0.15) is 13.3 Å². The normalized spacial score (nSPS) is 11.6. The summed E-state index contributed by atoms with van der Waals surface area (Å²) in [4.78, 5) is 20.9. The number of aliphatic carboxylic acids is 1. The molecule has 0 aliphatic heterocycles. The zero-order valence-corrected chi connectivity index (χ0v) is 9.96. The first-order valence-corrected chi connectivity index (χ1v) is 4.98. The predicted octanol–water partition coefficient (Wildman–Crippen LogP) is 2.02. The van der Waals surface area contributed by atoms with Gasteiger partial charge in [0.2, 0.25) is 3.42 Å². The Hall–Kier alpha value is -0.360. The van der Waals surface area contributed by atoms with Crippen molar-refractivity contribution in [2.45, 2.75) is 16.8 Å². The summed E-state index contributed by atoms with van der Waals surface area (Å²) in [5.41, 5.74) is 0. The molecular formula is C7H8Br2O4. The van der Waals surface area contributed by atoms with E-state index < -0.39 is 15.4 Å². The van der Waals surface area contributed by atoms with E-state index in [4.69, 9.17) is 9.84 Å². The Kier molecular flexibility index (Phi) is 5.24. The molecule has 0 amide bonds. The SMILES string of the molecule is CCC(Br)(Br)OC(=O)/C=C\C(=O)O. The lowest BCUT2D eigenvalue weighted by molar-refractivity contribution is -0.140. The van der Waals surface area contributed by atoms with E-state index in [0.29, 0.717) is 12.5 Å². The van der Waals surface area contributed by atoms with Gasteiger partial charge < -0.3 is 9.84 Å². The second kappa shape index (κ2) is 5.39. The molecule has 0 saturated heterocycles. The minimum absolute atomic E-state index is 0.514. The standard InChI is InChI=1S/C7H8Br2O4/c1-2-7(8,9)13-6(12)4-3-5(10)11/h3-4H,2H2,1H3,(H,10,11)/b4-3-. The molecule has 0 aliphatic rings. The fourth-order valence-electron chi connectivity index (χ4n) is 0.393. The molecule has 0 aromatic rings. The second-order valence-electron chi connectivity index (χ2n) is 2.08. The number of carbonyl (C=O) groups is 2. The number of esters is 1.